The van der Waals surface area contributed by atoms with Crippen molar-refractivity contribution in [2.45, 2.75) is 43.5 Å². The van der Waals surface area contributed by atoms with Crippen molar-refractivity contribution in [2.75, 3.05) is 19.5 Å². The summed E-state index contributed by atoms with van der Waals surface area (Å²) < 4.78 is 23.1. The number of aromatic nitrogens is 4. The van der Waals surface area contributed by atoms with E-state index in [1.54, 1.807) is 84.9 Å². The highest BCUT2D eigenvalue weighted by molar-refractivity contribution is 6.06. The number of methoxy groups -OCH3 is 2. The molecule has 6 rings (SSSR count). The van der Waals surface area contributed by atoms with Crippen molar-refractivity contribution < 1.29 is 43.2 Å². The maximum absolute atomic E-state index is 14.2. The van der Waals surface area contributed by atoms with E-state index in [1.165, 1.54) is 24.3 Å². The number of amides is 3. The maximum atomic E-state index is 14.2. The average molecular weight is 710 g/mol. The molecule has 4 N–H and O–H groups in total. The van der Waals surface area contributed by atoms with Gasteiger partial charge in [0.15, 0.2) is 29.3 Å². The van der Waals surface area contributed by atoms with Gasteiger partial charge in [-0.2, -0.15) is 0 Å². The van der Waals surface area contributed by atoms with E-state index in [1.807, 2.05) is 0 Å². The quantitative estimate of drug-likeness (QED) is 0.169. The molecule has 0 saturated carbocycles. The Morgan fingerprint density at radius 3 is 2.31 bits per heavy atom. The molecule has 0 bridgehead atoms. The number of nitrogens with one attached hydrogen (secondary N) is 1. The number of carbonyl (C=O) groups excluding carboxylic acids is 4. The molecule has 268 valence electrons. The minimum atomic E-state index is -1.76. The van der Waals surface area contributed by atoms with Crippen LogP contribution in [0.1, 0.15) is 27.7 Å². The molecular formula is C36H35N7O9. The number of rotatable bonds is 11. The van der Waals surface area contributed by atoms with E-state index in [2.05, 4.69) is 20.3 Å². The standard InChI is InChI=1S/C36H35N7O9/c1-49-24-15-13-21(14-16-24)17-25(37)33(46)43(36(48)51-18-22-9-5-3-6-10-22)27-28(44)34(52-29(27)35(47)50-2)42-20-40-26-30(38-19-39-31(26)42)41-32(45)23-11-7-4-8-12-23/h3-16,19-20,25,27-29,34,44H,17-18,37H2,1-2H3,(H,38,39,41,45)/t25-,27-,28+,29-,34+/m0/s1. The molecule has 5 aromatic rings. The fourth-order valence-corrected chi connectivity index (χ4v) is 5.82. The molecule has 0 aliphatic carbocycles. The van der Waals surface area contributed by atoms with Gasteiger partial charge in [0.1, 0.15) is 30.8 Å². The Bertz CT molecular complexity index is 2040. The van der Waals surface area contributed by atoms with Crippen LogP contribution in [-0.2, 0) is 36.8 Å². The summed E-state index contributed by atoms with van der Waals surface area (Å²) in [6.07, 6.45) is -3.65. The van der Waals surface area contributed by atoms with Crippen molar-refractivity contribution in [3.05, 3.63) is 114 Å². The Hall–Kier alpha value is -6.23. The van der Waals surface area contributed by atoms with Crippen molar-refractivity contribution in [3.63, 3.8) is 0 Å². The second-order valence-electron chi connectivity index (χ2n) is 11.7. The Kier molecular flexibility index (Phi) is 10.8. The lowest BCUT2D eigenvalue weighted by molar-refractivity contribution is -0.158. The lowest BCUT2D eigenvalue weighted by Gasteiger charge is -2.32. The van der Waals surface area contributed by atoms with E-state index < -0.39 is 54.4 Å². The van der Waals surface area contributed by atoms with Crippen molar-refractivity contribution in [1.82, 2.24) is 24.4 Å². The second kappa shape index (κ2) is 15.8. The van der Waals surface area contributed by atoms with Crippen LogP contribution >= 0.6 is 0 Å². The van der Waals surface area contributed by atoms with Gasteiger partial charge in [0.2, 0.25) is 5.91 Å². The molecule has 0 spiro atoms. The number of anilines is 1. The van der Waals surface area contributed by atoms with Gasteiger partial charge >= 0.3 is 12.1 Å². The topological polar surface area (TPSA) is 210 Å². The van der Waals surface area contributed by atoms with Crippen LogP contribution in [-0.4, -0.2) is 91.9 Å². The SMILES string of the molecule is COC(=O)[C@H]1O[C@@H](n2cnc3c(NC(=O)c4ccccc4)ncnc32)[C@H](O)[C@@H]1N(C(=O)OCc1ccccc1)C(=O)[C@@H](N)Cc1ccc(OC)cc1. The highest BCUT2D eigenvalue weighted by atomic mass is 16.6. The Morgan fingerprint density at radius 2 is 1.63 bits per heavy atom. The molecule has 0 unspecified atom stereocenters. The van der Waals surface area contributed by atoms with Crippen LogP contribution in [0, 0.1) is 0 Å². The molecule has 3 heterocycles. The Morgan fingerprint density at radius 1 is 0.942 bits per heavy atom. The third kappa shape index (κ3) is 7.44. The summed E-state index contributed by atoms with van der Waals surface area (Å²) >= 11 is 0. The number of esters is 1. The van der Waals surface area contributed by atoms with Gasteiger partial charge in [0, 0.05) is 5.56 Å². The van der Waals surface area contributed by atoms with Crippen molar-refractivity contribution in [2.24, 2.45) is 5.73 Å². The first-order valence-corrected chi connectivity index (χ1v) is 16.1. The average Bonchev–Trinajstić information content (AvgIpc) is 3.76. The van der Waals surface area contributed by atoms with Crippen LogP contribution in [0.5, 0.6) is 5.75 Å². The number of imidazole rings is 1. The summed E-state index contributed by atoms with van der Waals surface area (Å²) in [6, 6.07) is 21.0. The molecule has 3 amide bonds. The molecule has 0 radical (unpaired) electrons. The van der Waals surface area contributed by atoms with Gasteiger partial charge in [-0.3, -0.25) is 14.2 Å². The van der Waals surface area contributed by atoms with E-state index in [0.29, 0.717) is 27.3 Å². The molecule has 1 aliphatic rings. The van der Waals surface area contributed by atoms with E-state index in [9.17, 15) is 24.3 Å². The van der Waals surface area contributed by atoms with Crippen LogP contribution in [0.15, 0.2) is 97.6 Å². The Labute approximate surface area is 297 Å². The zero-order valence-electron chi connectivity index (χ0n) is 28.1. The largest absolute Gasteiger partial charge is 0.497 e. The number of aliphatic hydroxyl groups excluding tert-OH is 1. The van der Waals surface area contributed by atoms with E-state index in [-0.39, 0.29) is 30.0 Å². The summed E-state index contributed by atoms with van der Waals surface area (Å²) in [4.78, 5) is 67.5. The third-order valence-electron chi connectivity index (χ3n) is 8.44. The molecule has 52 heavy (non-hydrogen) atoms. The smallest absolute Gasteiger partial charge is 0.417 e. The number of hydrogen-bond donors (Lipinski definition) is 3. The summed E-state index contributed by atoms with van der Waals surface area (Å²) in [5, 5.41) is 14.6. The number of carbonyl (C=O) groups is 4. The van der Waals surface area contributed by atoms with Gasteiger partial charge in [-0.1, -0.05) is 60.7 Å². The zero-order chi connectivity index (χ0) is 36.8. The van der Waals surface area contributed by atoms with Gasteiger partial charge in [0.25, 0.3) is 5.91 Å². The minimum absolute atomic E-state index is 0.0121. The number of ether oxygens (including phenoxy) is 4. The molecule has 3 aromatic carbocycles. The molecule has 1 saturated heterocycles. The van der Waals surface area contributed by atoms with Crippen LogP contribution < -0.4 is 15.8 Å². The number of fused-ring (bicyclic) bond motifs is 1. The molecule has 16 heteroatoms. The summed E-state index contributed by atoms with van der Waals surface area (Å²) in [5.74, 6) is -1.72. The number of nitrogens with zero attached hydrogens (tertiary/aromatic N) is 5. The summed E-state index contributed by atoms with van der Waals surface area (Å²) in [6.45, 7) is -0.228. The van der Waals surface area contributed by atoms with E-state index >= 15 is 0 Å². The molecule has 1 aliphatic heterocycles. The monoisotopic (exact) mass is 709 g/mol. The van der Waals surface area contributed by atoms with Crippen molar-refractivity contribution in [1.29, 1.82) is 0 Å². The first-order valence-electron chi connectivity index (χ1n) is 16.1. The predicted molar refractivity (Wildman–Crippen MR) is 184 cm³/mol. The third-order valence-corrected chi connectivity index (χ3v) is 8.44. The van der Waals surface area contributed by atoms with Gasteiger partial charge in [-0.25, -0.2) is 29.4 Å². The van der Waals surface area contributed by atoms with E-state index in [4.69, 9.17) is 24.7 Å². The van der Waals surface area contributed by atoms with E-state index in [0.717, 1.165) is 7.11 Å². The number of hydrogen-bond acceptors (Lipinski definition) is 13. The fraction of sp³-hybridized carbons (Fsp3) is 0.250. The predicted octanol–water partition coefficient (Wildman–Crippen LogP) is 2.62. The normalized spacial score (nSPS) is 18.7. The summed E-state index contributed by atoms with van der Waals surface area (Å²) in [7, 11) is 2.62. The first kappa shape index (κ1) is 35.6. The molecular weight excluding hydrogens is 674 g/mol. The van der Waals surface area contributed by atoms with Gasteiger partial charge in [0.05, 0.1) is 26.6 Å². The first-order chi connectivity index (χ1) is 25.2. The molecule has 16 nitrogen and oxygen atoms in total. The Balaban J connectivity index is 1.33. The van der Waals surface area contributed by atoms with Crippen LogP contribution in [0.2, 0.25) is 0 Å². The van der Waals surface area contributed by atoms with Crippen molar-refractivity contribution in [3.8, 4) is 5.75 Å². The van der Waals surface area contributed by atoms with Gasteiger partial charge in [-0.05, 0) is 41.8 Å². The van der Waals surface area contributed by atoms with Crippen LogP contribution in [0.4, 0.5) is 10.6 Å². The zero-order valence-corrected chi connectivity index (χ0v) is 28.1. The van der Waals surface area contributed by atoms with Crippen molar-refractivity contribution >= 4 is 40.9 Å². The highest BCUT2D eigenvalue weighted by Gasteiger charge is 2.55. The fourth-order valence-electron chi connectivity index (χ4n) is 5.82. The number of benzene rings is 3. The van der Waals surface area contributed by atoms with Gasteiger partial charge in [-0.15, -0.1) is 0 Å². The lowest BCUT2D eigenvalue weighted by Crippen LogP contribution is -2.59. The highest BCUT2D eigenvalue weighted by Crippen LogP contribution is 2.36. The second-order valence-corrected chi connectivity index (χ2v) is 11.7. The van der Waals surface area contributed by atoms with Crippen LogP contribution in [0.25, 0.3) is 11.2 Å². The lowest BCUT2D eigenvalue weighted by atomic mass is 10.0. The summed E-state index contributed by atoms with van der Waals surface area (Å²) in [5.41, 5.74) is 8.29. The molecule has 5 atom stereocenters. The molecule has 2 aromatic heterocycles. The number of imide groups is 1. The van der Waals surface area contributed by atoms with Gasteiger partial charge < -0.3 is 35.1 Å². The number of aliphatic hydroxyl groups is 1. The minimum Gasteiger partial charge on any atom is -0.497 e. The van der Waals surface area contributed by atoms with Crippen LogP contribution in [0.3, 0.4) is 0 Å². The molecule has 1 fully saturated rings. The maximum Gasteiger partial charge on any atom is 0.417 e. The number of nitrogens with two attached hydrogens (primary N) is 1.